The summed E-state index contributed by atoms with van der Waals surface area (Å²) >= 11 is 15.9. The first-order valence-corrected chi connectivity index (χ1v) is 61.9. The number of aromatic nitrogens is 8. The third kappa shape index (κ3) is 27.5. The molecule has 3 saturated heterocycles. The van der Waals surface area contributed by atoms with Crippen LogP contribution in [-0.2, 0) is 155 Å². The molecule has 6 aromatic rings. The van der Waals surface area contributed by atoms with Gasteiger partial charge in [-0.2, -0.15) is 73.1 Å². The number of hydrogen-bond donors (Lipinski definition) is 1. The van der Waals surface area contributed by atoms with Crippen LogP contribution in [0.3, 0.4) is 0 Å². The van der Waals surface area contributed by atoms with Gasteiger partial charge in [0.25, 0.3) is 0 Å². The molecule has 122 heavy (non-hydrogen) atoms. The second-order valence-electron chi connectivity index (χ2n) is 27.4. The molecule has 4 saturated carbocycles. The number of nitrogens with zero attached hydrogens (tertiary/aromatic N) is 9. The van der Waals surface area contributed by atoms with Gasteiger partial charge in [0.2, 0.25) is 0 Å². The Kier molecular flexibility index (Phi) is 47.6. The van der Waals surface area contributed by atoms with Crippen molar-refractivity contribution in [3.05, 3.63) is 164 Å². The van der Waals surface area contributed by atoms with Gasteiger partial charge in [-0.25, -0.2) is 14.0 Å². The monoisotopic (exact) mass is 2670 g/mol. The molecule has 1 N–H and O–H groups in total. The summed E-state index contributed by atoms with van der Waals surface area (Å²) in [5.74, 6) is -6.54. The summed E-state index contributed by atoms with van der Waals surface area (Å²) in [6, 6.07) is 21.9. The molecular weight excluding hydrogens is 2580 g/mol. The number of esters is 4. The van der Waals surface area contributed by atoms with Crippen LogP contribution in [0.4, 0.5) is 52.7 Å². The first kappa shape index (κ1) is 115. The molecule has 2 radical (unpaired) electrons. The second kappa shape index (κ2) is 50.5. The summed E-state index contributed by atoms with van der Waals surface area (Å²) < 4.78 is 189. The van der Waals surface area contributed by atoms with Crippen molar-refractivity contribution in [2.75, 3.05) is 46.2 Å². The summed E-state index contributed by atoms with van der Waals surface area (Å²) in [5.41, 5.74) is -2.09. The number of Topliss-reactive ketones (excluding diaryl/α,β-unsaturated/α-hetero) is 3. The van der Waals surface area contributed by atoms with E-state index < -0.39 is 104 Å². The van der Waals surface area contributed by atoms with Gasteiger partial charge in [-0.1, -0.05) is 68.1 Å². The molecule has 11 aliphatic rings. The topological polar surface area (TPSA) is 270 Å². The van der Waals surface area contributed by atoms with Crippen molar-refractivity contribution in [3.63, 3.8) is 0 Å². The van der Waals surface area contributed by atoms with Crippen molar-refractivity contribution < 1.29 is 171 Å². The molecule has 7 heterocycles. The second-order valence-corrected chi connectivity index (χ2v) is 74.5. The molecule has 5 unspecified atom stereocenters. The summed E-state index contributed by atoms with van der Waals surface area (Å²) in [6.07, 6.45) is -12.5. The molecule has 2 aromatic carbocycles. The van der Waals surface area contributed by atoms with E-state index in [1.165, 1.54) is 36.8 Å². The van der Waals surface area contributed by atoms with Crippen molar-refractivity contribution >= 4 is 193 Å². The van der Waals surface area contributed by atoms with E-state index in [9.17, 15) is 91.4 Å². The number of benzene rings is 2. The van der Waals surface area contributed by atoms with Gasteiger partial charge in [-0.3, -0.25) is 48.1 Å². The van der Waals surface area contributed by atoms with E-state index >= 15 is 0 Å². The maximum absolute atomic E-state index is 13.0. The number of carbonyl (C=O) groups excluding carboxylic acids is 7. The zero-order chi connectivity index (χ0) is 86.7. The number of ether oxygens (including phenoxy) is 5. The zero-order valence-corrected chi connectivity index (χ0v) is 86.4. The fourth-order valence-corrected chi connectivity index (χ4v) is 15.7. The predicted molar refractivity (Wildman–Crippen MR) is 471 cm³/mol. The van der Waals surface area contributed by atoms with Gasteiger partial charge in [0.05, 0.1) is 38.2 Å². The van der Waals surface area contributed by atoms with Crippen LogP contribution in [0.5, 0.6) is 0 Å². The van der Waals surface area contributed by atoms with Crippen LogP contribution in [0.1, 0.15) is 210 Å². The van der Waals surface area contributed by atoms with Crippen LogP contribution in [-0.4, -0.2) is 150 Å². The van der Waals surface area contributed by atoms with Crippen LogP contribution in [0, 0.1) is 48.4 Å². The van der Waals surface area contributed by atoms with Gasteiger partial charge in [0.1, 0.15) is 48.9 Å². The minimum atomic E-state index is -4.62. The Labute approximate surface area is 818 Å². The molecule has 47 heteroatoms. The quantitative estimate of drug-likeness (QED) is 0.0265. The number of halogens is 19. The number of ketones is 3. The number of aliphatic hydroxyl groups is 1. The van der Waals surface area contributed by atoms with Gasteiger partial charge in [-0.05, 0) is 133 Å². The summed E-state index contributed by atoms with van der Waals surface area (Å²) in [6.45, 7) is 10.4. The SMILES string of the molecule is C.C1CCOC1.CB1OC(c2ccccc2)(c2ccccc2)[C@H]2CCCN12.CCOC(=O)Cn1nc(C(F)(F)F)c2c1C(=O)C1CC21.CCOC(=O)Cn1nc(C(F)(F)F)c2c1C(=O)[C@@H]1C[C@H]21.CCOC(=O)Cn1nc(C(F)(F)F)c2c1C(=O)[C@@H]1C[C@H]21.CCOC(=O)Cn1nc(C(F)(F)F)c2c1C(O)C1CC21.[CH2-]I.[CH2-]I.[CH3-].[CH3-].[I][V]([I])[I].[I][V][I].[V].[V]. The van der Waals surface area contributed by atoms with Gasteiger partial charge >= 0.3 is 170 Å². The Morgan fingerprint density at radius 2 is 0.820 bits per heavy atom. The molecule has 0 spiro atoms. The molecule has 17 rings (SSSR count). The van der Waals surface area contributed by atoms with Crippen molar-refractivity contribution in [2.45, 2.75) is 186 Å². The molecule has 0 amide bonds. The zero-order valence-electron chi connectivity index (χ0n) is 65.7. The maximum atomic E-state index is 13.0. The molecule has 7 fully saturated rings. The van der Waals surface area contributed by atoms with Gasteiger partial charge < -0.3 is 98.3 Å². The average molecular weight is 2670 g/mol. The molecule has 677 valence electrons. The number of alkyl halides is 12. The summed E-state index contributed by atoms with van der Waals surface area (Å²) in [7, 11) is 0.806. The molecule has 23 nitrogen and oxygen atoms in total. The third-order valence-corrected chi connectivity index (χ3v) is 20.3. The van der Waals surface area contributed by atoms with Crippen LogP contribution in [0.15, 0.2) is 60.7 Å². The summed E-state index contributed by atoms with van der Waals surface area (Å²) in [4.78, 5) is 90.2. The molecule has 10 atom stereocenters. The Bertz CT molecular complexity index is 4180. The standard InChI is InChI=1S/C18H20BNO.C12H13F3N2O3.3C12H11F3N2O3.C4H8O.2CH2I.CH4.2CH3.5HI.4V/c1-19-20-14-8-13-17(20)18(21-19,15-9-4-2-5-10-15)16-11-6-3-7-12-16;4*1-2-20-7(18)4-17-9-8(5-3-6(5)10(9)19)11(16-17)12(13,14)15;1-2-4-5-3-1;2*1-2;;;;;;;;;;;;/h2-7,9-12,17H,8,13-14H2,1H3;5-6,10,19H,2-4H2,1H3;3*5-6H,2-4H2,1H3;1-4H2;2*1H2;1H4;2*1H3;5*1H;;;;/q;;;;;;2*-1;;2*-1;;;;;;;;+2;+3/p-5/t17-;;2*5-,6+;;;;;;;;;;;;;;;;/m1.00................/s1. The van der Waals surface area contributed by atoms with E-state index in [-0.39, 0.29) is 213 Å². The van der Waals surface area contributed by atoms with E-state index in [4.69, 9.17) is 14.1 Å². The van der Waals surface area contributed by atoms with Crippen molar-refractivity contribution in [1.82, 2.24) is 43.9 Å². The molecular formula is C75H88BF12I7N9O14V4-4. The maximum Gasteiger partial charge on any atom is 0 e. The summed E-state index contributed by atoms with van der Waals surface area (Å²) in [5, 5.41) is 23.8. The van der Waals surface area contributed by atoms with E-state index in [2.05, 4.69) is 217 Å². The normalized spacial score (nSPS) is 21.7. The number of carbonyl (C=O) groups is 7. The molecule has 8 aliphatic carbocycles. The predicted octanol–water partition coefficient (Wildman–Crippen LogP) is 19.6. The van der Waals surface area contributed by atoms with Crippen LogP contribution >= 0.6 is 145 Å². The van der Waals surface area contributed by atoms with Crippen molar-refractivity contribution in [2.24, 2.45) is 23.7 Å². The Morgan fingerprint density at radius 1 is 0.525 bits per heavy atom. The first-order valence-electron chi connectivity index (χ1n) is 36.3. The minimum absolute atomic E-state index is 0. The molecule has 3 aliphatic heterocycles. The van der Waals surface area contributed by atoms with Gasteiger partial charge in [0.15, 0.2) is 40.1 Å². The molecule has 4 aromatic heterocycles. The van der Waals surface area contributed by atoms with Crippen LogP contribution in [0.25, 0.3) is 0 Å². The van der Waals surface area contributed by atoms with Crippen molar-refractivity contribution in [1.29, 1.82) is 0 Å². The first-order chi connectivity index (χ1) is 55.3. The van der Waals surface area contributed by atoms with Gasteiger partial charge in [-0.15, -0.1) is 0 Å². The number of aliphatic hydroxyl groups excluding tert-OH is 1. The Balaban J connectivity index is 0.000000373. The fourth-order valence-electron chi connectivity index (χ4n) is 15.7. The minimum Gasteiger partial charge on any atom is 0 e. The third-order valence-electron chi connectivity index (χ3n) is 20.3. The molecule has 0 bridgehead atoms. The van der Waals surface area contributed by atoms with E-state index in [0.717, 1.165) is 38.5 Å². The number of hydrogen-bond acceptors (Lipinski definition) is 19. The van der Waals surface area contributed by atoms with Crippen LogP contribution < -0.4 is 0 Å². The average Bonchev–Trinajstić information content (AvgIpc) is 1.55. The smallest absolute Gasteiger partial charge is 0 e. The van der Waals surface area contributed by atoms with E-state index in [1.807, 2.05) is 45.2 Å². The largest absolute Gasteiger partial charge is 0 e. The van der Waals surface area contributed by atoms with Crippen LogP contribution in [0.2, 0.25) is 6.82 Å². The van der Waals surface area contributed by atoms with Gasteiger partial charge in [0, 0.05) is 96.4 Å². The number of fused-ring (bicyclic) bond motifs is 13. The number of rotatable bonds is 14. The van der Waals surface area contributed by atoms with E-state index in [1.54, 1.807) is 27.7 Å². The van der Waals surface area contributed by atoms with Crippen molar-refractivity contribution in [3.8, 4) is 0 Å². The fraction of sp³-hybridized carbons (Fsp3) is 0.533. The Hall–Kier alpha value is -1.32. The Morgan fingerprint density at radius 3 is 1.11 bits per heavy atom. The van der Waals surface area contributed by atoms with E-state index in [0.29, 0.717) is 41.2 Å².